The third kappa shape index (κ3) is 4.48. The highest BCUT2D eigenvalue weighted by molar-refractivity contribution is 6.02. The minimum absolute atomic E-state index is 0.216. The van der Waals surface area contributed by atoms with E-state index in [-0.39, 0.29) is 5.91 Å². The molecule has 2 N–H and O–H groups in total. The molecule has 1 atom stereocenters. The lowest BCUT2D eigenvalue weighted by atomic mass is 9.99. The fraction of sp³-hybridized carbons (Fsp3) is 0.450. The first-order valence-electron chi connectivity index (χ1n) is 8.88. The van der Waals surface area contributed by atoms with Crippen molar-refractivity contribution in [2.75, 3.05) is 5.32 Å². The number of carbonyl (C=O) groups is 1. The number of nitrogens with one attached hydrogen (secondary N) is 2. The van der Waals surface area contributed by atoms with Crippen molar-refractivity contribution in [3.8, 4) is 0 Å². The van der Waals surface area contributed by atoms with Gasteiger partial charge in [-0.25, -0.2) is 0 Å². The Morgan fingerprint density at radius 1 is 1.21 bits per heavy atom. The molecule has 128 valence electrons. The summed E-state index contributed by atoms with van der Waals surface area (Å²) >= 11 is 0. The lowest BCUT2D eigenvalue weighted by Crippen LogP contribution is -2.28. The molecule has 1 saturated carbocycles. The number of amides is 1. The Balaban J connectivity index is 1.56. The first-order valence-corrected chi connectivity index (χ1v) is 8.88. The van der Waals surface area contributed by atoms with Gasteiger partial charge >= 0.3 is 0 Å². The first-order chi connectivity index (χ1) is 11.7. The van der Waals surface area contributed by atoms with Gasteiger partial charge < -0.3 is 15.1 Å². The van der Waals surface area contributed by atoms with Crippen molar-refractivity contribution in [2.45, 2.75) is 51.6 Å². The number of benzene rings is 1. The third-order valence-electron chi connectivity index (χ3n) is 4.81. The van der Waals surface area contributed by atoms with Crippen LogP contribution < -0.4 is 10.6 Å². The van der Waals surface area contributed by atoms with Gasteiger partial charge in [0.05, 0.1) is 6.26 Å². The van der Waals surface area contributed by atoms with Gasteiger partial charge in [-0.1, -0.05) is 43.9 Å². The van der Waals surface area contributed by atoms with Gasteiger partial charge in [-0.3, -0.25) is 4.79 Å². The Labute approximate surface area is 143 Å². The minimum Gasteiger partial charge on any atom is -0.459 e. The van der Waals surface area contributed by atoms with Crippen molar-refractivity contribution >= 4 is 11.6 Å². The quantitative estimate of drug-likeness (QED) is 0.782. The van der Waals surface area contributed by atoms with Gasteiger partial charge in [-0.2, -0.15) is 0 Å². The lowest BCUT2D eigenvalue weighted by molar-refractivity contribution is 0.0996. The second-order valence-electron chi connectivity index (χ2n) is 6.76. The summed E-state index contributed by atoms with van der Waals surface area (Å²) in [5.41, 5.74) is 1.93. The van der Waals surface area contributed by atoms with Crippen molar-refractivity contribution < 1.29 is 9.21 Å². The monoisotopic (exact) mass is 326 g/mol. The molecular formula is C20H26N2O2. The molecule has 1 aromatic carbocycles. The molecule has 0 saturated heterocycles. The second kappa shape index (κ2) is 8.15. The summed E-state index contributed by atoms with van der Waals surface area (Å²) in [7, 11) is 0. The van der Waals surface area contributed by atoms with Gasteiger partial charge in [0, 0.05) is 18.3 Å². The SMILES string of the molecule is C[C@@H](CC1CCCC1)NCc1ccccc1NC(=O)c1ccco1. The van der Waals surface area contributed by atoms with Gasteiger partial charge in [0.25, 0.3) is 5.91 Å². The lowest BCUT2D eigenvalue weighted by Gasteiger charge is -2.19. The van der Waals surface area contributed by atoms with Crippen LogP contribution in [0.2, 0.25) is 0 Å². The Kier molecular flexibility index (Phi) is 5.70. The molecule has 1 aromatic heterocycles. The number of anilines is 1. The van der Waals surface area contributed by atoms with Crippen LogP contribution in [0.25, 0.3) is 0 Å². The topological polar surface area (TPSA) is 54.3 Å². The van der Waals surface area contributed by atoms with Crippen LogP contribution in [0.3, 0.4) is 0 Å². The minimum atomic E-state index is -0.216. The van der Waals surface area contributed by atoms with Crippen molar-refractivity contribution in [3.63, 3.8) is 0 Å². The molecular weight excluding hydrogens is 300 g/mol. The molecule has 1 aliphatic carbocycles. The van der Waals surface area contributed by atoms with Crippen LogP contribution in [0.15, 0.2) is 47.1 Å². The van der Waals surface area contributed by atoms with Crippen LogP contribution in [-0.4, -0.2) is 11.9 Å². The highest BCUT2D eigenvalue weighted by Crippen LogP contribution is 2.28. The Morgan fingerprint density at radius 3 is 2.75 bits per heavy atom. The van der Waals surface area contributed by atoms with Gasteiger partial charge in [0.15, 0.2) is 5.76 Å². The molecule has 0 aliphatic heterocycles. The number of rotatable bonds is 7. The van der Waals surface area contributed by atoms with E-state index in [4.69, 9.17) is 4.42 Å². The highest BCUT2D eigenvalue weighted by atomic mass is 16.3. The fourth-order valence-corrected chi connectivity index (χ4v) is 3.50. The van der Waals surface area contributed by atoms with Crippen LogP contribution >= 0.6 is 0 Å². The van der Waals surface area contributed by atoms with Crippen LogP contribution in [-0.2, 0) is 6.54 Å². The highest BCUT2D eigenvalue weighted by Gasteiger charge is 2.18. The summed E-state index contributed by atoms with van der Waals surface area (Å²) in [4.78, 5) is 12.2. The van der Waals surface area contributed by atoms with Crippen LogP contribution in [0.4, 0.5) is 5.69 Å². The van der Waals surface area contributed by atoms with E-state index >= 15 is 0 Å². The van der Waals surface area contributed by atoms with Gasteiger partial charge in [-0.05, 0) is 43.0 Å². The van der Waals surface area contributed by atoms with E-state index in [9.17, 15) is 4.79 Å². The summed E-state index contributed by atoms with van der Waals surface area (Å²) in [5.74, 6) is 0.986. The molecule has 24 heavy (non-hydrogen) atoms. The number of carbonyl (C=O) groups excluding carboxylic acids is 1. The number of para-hydroxylation sites is 1. The van der Waals surface area contributed by atoms with E-state index in [0.717, 1.165) is 23.7 Å². The average molecular weight is 326 g/mol. The zero-order valence-electron chi connectivity index (χ0n) is 14.3. The predicted molar refractivity (Wildman–Crippen MR) is 96.0 cm³/mol. The third-order valence-corrected chi connectivity index (χ3v) is 4.81. The van der Waals surface area contributed by atoms with Crippen LogP contribution in [0.1, 0.15) is 55.1 Å². The van der Waals surface area contributed by atoms with Crippen molar-refractivity contribution in [1.29, 1.82) is 0 Å². The Morgan fingerprint density at radius 2 is 2.00 bits per heavy atom. The largest absolute Gasteiger partial charge is 0.459 e. The number of hydrogen-bond donors (Lipinski definition) is 2. The Hall–Kier alpha value is -2.07. The first kappa shape index (κ1) is 16.8. The fourth-order valence-electron chi connectivity index (χ4n) is 3.50. The summed E-state index contributed by atoms with van der Waals surface area (Å²) < 4.78 is 5.15. The zero-order valence-corrected chi connectivity index (χ0v) is 14.3. The van der Waals surface area contributed by atoms with E-state index in [1.807, 2.05) is 24.3 Å². The number of furan rings is 1. The molecule has 0 bridgehead atoms. The summed E-state index contributed by atoms with van der Waals surface area (Å²) in [5, 5.41) is 6.54. The molecule has 1 amide bonds. The molecule has 0 spiro atoms. The molecule has 0 radical (unpaired) electrons. The molecule has 4 nitrogen and oxygen atoms in total. The standard InChI is InChI=1S/C20H26N2O2/c1-15(13-16-7-2-3-8-16)21-14-17-9-4-5-10-18(17)22-20(23)19-11-6-12-24-19/h4-6,9-12,15-16,21H,2-3,7-8,13-14H2,1H3,(H,22,23)/t15-/m0/s1. The number of hydrogen-bond acceptors (Lipinski definition) is 3. The van der Waals surface area contributed by atoms with Crippen LogP contribution in [0, 0.1) is 5.92 Å². The van der Waals surface area contributed by atoms with Crippen molar-refractivity contribution in [1.82, 2.24) is 5.32 Å². The van der Waals surface area contributed by atoms with E-state index in [1.165, 1.54) is 38.4 Å². The van der Waals surface area contributed by atoms with Crippen molar-refractivity contribution in [3.05, 3.63) is 54.0 Å². The molecule has 1 aliphatic rings. The Bertz CT molecular complexity index is 645. The smallest absolute Gasteiger partial charge is 0.291 e. The van der Waals surface area contributed by atoms with Gasteiger partial charge in [-0.15, -0.1) is 0 Å². The summed E-state index contributed by atoms with van der Waals surface area (Å²) in [6, 6.07) is 11.8. The van der Waals surface area contributed by atoms with Crippen LogP contribution in [0.5, 0.6) is 0 Å². The molecule has 4 heteroatoms. The molecule has 1 heterocycles. The normalized spacial score (nSPS) is 16.2. The van der Waals surface area contributed by atoms with Gasteiger partial charge in [0.2, 0.25) is 0 Å². The summed E-state index contributed by atoms with van der Waals surface area (Å²) in [6.45, 7) is 3.00. The second-order valence-corrected chi connectivity index (χ2v) is 6.76. The molecule has 2 aromatic rings. The van der Waals surface area contributed by atoms with E-state index in [1.54, 1.807) is 12.1 Å². The maximum absolute atomic E-state index is 12.2. The van der Waals surface area contributed by atoms with E-state index < -0.39 is 0 Å². The van der Waals surface area contributed by atoms with Gasteiger partial charge in [0.1, 0.15) is 0 Å². The maximum atomic E-state index is 12.2. The summed E-state index contributed by atoms with van der Waals surface area (Å²) in [6.07, 6.45) is 8.27. The average Bonchev–Trinajstić information content (AvgIpc) is 3.27. The predicted octanol–water partition coefficient (Wildman–Crippen LogP) is 4.59. The van der Waals surface area contributed by atoms with E-state index in [0.29, 0.717) is 11.8 Å². The maximum Gasteiger partial charge on any atom is 0.291 e. The zero-order chi connectivity index (χ0) is 16.8. The molecule has 0 unspecified atom stereocenters. The van der Waals surface area contributed by atoms with Crippen molar-refractivity contribution in [2.24, 2.45) is 5.92 Å². The van der Waals surface area contributed by atoms with E-state index in [2.05, 4.69) is 17.6 Å². The molecule has 3 rings (SSSR count). The molecule has 1 fully saturated rings.